The van der Waals surface area contributed by atoms with E-state index >= 15 is 0 Å². The second-order valence-electron chi connectivity index (χ2n) is 7.19. The first-order valence-electron chi connectivity index (χ1n) is 8.97. The molecule has 0 spiro atoms. The lowest BCUT2D eigenvalue weighted by Crippen LogP contribution is -2.32. The summed E-state index contributed by atoms with van der Waals surface area (Å²) in [5, 5.41) is 5.20. The number of halogens is 1. The maximum absolute atomic E-state index is 13.3. The number of hydrogen-bond donors (Lipinski definition) is 0. The minimum absolute atomic E-state index is 0.277. The first kappa shape index (κ1) is 15.5. The molecule has 1 saturated heterocycles. The van der Waals surface area contributed by atoms with Crippen molar-refractivity contribution in [2.75, 3.05) is 13.1 Å². The van der Waals surface area contributed by atoms with Gasteiger partial charge in [0, 0.05) is 34.7 Å². The summed E-state index contributed by atoms with van der Waals surface area (Å²) in [5.41, 5.74) is 4.88. The first-order valence-corrected chi connectivity index (χ1v) is 9.85. The third-order valence-corrected chi connectivity index (χ3v) is 6.27. The lowest BCUT2D eigenvalue weighted by molar-refractivity contribution is 0.203. The summed E-state index contributed by atoms with van der Waals surface area (Å²) in [6.07, 6.45) is 4.74. The Kier molecular flexibility index (Phi) is 3.82. The number of aromatic nitrogens is 2. The highest BCUT2D eigenvalue weighted by atomic mass is 32.1. The van der Waals surface area contributed by atoms with Crippen LogP contribution in [0.15, 0.2) is 28.2 Å². The van der Waals surface area contributed by atoms with E-state index in [4.69, 9.17) is 4.52 Å². The molecule has 6 heteroatoms. The standard InChI is InChI=1S/C19H20FN3OS/c20-14-3-4-15-16(9-14)24-22-18(15)13-5-7-23(8-6-13)10-17-19(12-1-2-12)21-11-25-17/h3-4,9,11-13H,1-2,5-8,10H2. The summed E-state index contributed by atoms with van der Waals surface area (Å²) in [5.74, 6) is 0.842. The molecule has 1 saturated carbocycles. The van der Waals surface area contributed by atoms with Gasteiger partial charge in [0.15, 0.2) is 5.58 Å². The Morgan fingerprint density at radius 2 is 1.92 bits per heavy atom. The van der Waals surface area contributed by atoms with Gasteiger partial charge in [0.1, 0.15) is 5.82 Å². The van der Waals surface area contributed by atoms with Crippen molar-refractivity contribution < 1.29 is 8.91 Å². The van der Waals surface area contributed by atoms with Gasteiger partial charge in [-0.1, -0.05) is 5.16 Å². The summed E-state index contributed by atoms with van der Waals surface area (Å²) in [6.45, 7) is 3.14. The van der Waals surface area contributed by atoms with Crippen LogP contribution in [0.25, 0.3) is 11.0 Å². The zero-order valence-corrected chi connectivity index (χ0v) is 14.8. The molecular weight excluding hydrogens is 337 g/mol. The van der Waals surface area contributed by atoms with Crippen LogP contribution in [0.1, 0.15) is 53.8 Å². The molecule has 1 aliphatic carbocycles. The van der Waals surface area contributed by atoms with Gasteiger partial charge in [-0.25, -0.2) is 9.37 Å². The van der Waals surface area contributed by atoms with E-state index in [0.29, 0.717) is 11.5 Å². The Labute approximate surface area is 149 Å². The number of fused-ring (bicyclic) bond motifs is 1. The first-order chi connectivity index (χ1) is 12.3. The van der Waals surface area contributed by atoms with E-state index in [2.05, 4.69) is 15.0 Å². The molecule has 25 heavy (non-hydrogen) atoms. The molecule has 0 amide bonds. The molecule has 0 radical (unpaired) electrons. The number of piperidine rings is 1. The number of hydrogen-bond acceptors (Lipinski definition) is 5. The van der Waals surface area contributed by atoms with Crippen LogP contribution in [-0.2, 0) is 6.54 Å². The molecule has 0 unspecified atom stereocenters. The molecule has 0 bridgehead atoms. The van der Waals surface area contributed by atoms with Gasteiger partial charge in [0.05, 0.1) is 16.9 Å². The molecule has 2 aliphatic rings. The Balaban J connectivity index is 1.27. The smallest absolute Gasteiger partial charge is 0.170 e. The predicted octanol–water partition coefficient (Wildman–Crippen LogP) is 4.68. The average Bonchev–Trinajstić information content (AvgIpc) is 3.22. The van der Waals surface area contributed by atoms with Crippen molar-refractivity contribution in [1.82, 2.24) is 15.0 Å². The normalized spacial score (nSPS) is 19.7. The highest BCUT2D eigenvalue weighted by Gasteiger charge is 2.30. The highest BCUT2D eigenvalue weighted by Crippen LogP contribution is 2.42. The molecule has 1 aromatic carbocycles. The van der Waals surface area contributed by atoms with Crippen molar-refractivity contribution in [3.63, 3.8) is 0 Å². The molecule has 0 atom stereocenters. The average molecular weight is 357 g/mol. The molecule has 3 heterocycles. The van der Waals surface area contributed by atoms with Gasteiger partial charge < -0.3 is 4.52 Å². The summed E-state index contributed by atoms with van der Waals surface area (Å²) < 4.78 is 18.6. The lowest BCUT2D eigenvalue weighted by Gasteiger charge is -2.31. The van der Waals surface area contributed by atoms with E-state index in [9.17, 15) is 4.39 Å². The monoisotopic (exact) mass is 357 g/mol. The van der Waals surface area contributed by atoms with Gasteiger partial charge in [0.2, 0.25) is 0 Å². The van der Waals surface area contributed by atoms with E-state index < -0.39 is 0 Å². The van der Waals surface area contributed by atoms with E-state index in [-0.39, 0.29) is 5.82 Å². The fourth-order valence-corrected chi connectivity index (χ4v) is 4.77. The fraction of sp³-hybridized carbons (Fsp3) is 0.474. The van der Waals surface area contributed by atoms with Crippen LogP contribution in [-0.4, -0.2) is 28.1 Å². The Morgan fingerprint density at radius 1 is 1.12 bits per heavy atom. The lowest BCUT2D eigenvalue weighted by atomic mass is 9.91. The van der Waals surface area contributed by atoms with E-state index in [0.717, 1.165) is 49.5 Å². The van der Waals surface area contributed by atoms with Crippen molar-refractivity contribution in [3.8, 4) is 0 Å². The number of nitrogens with zero attached hydrogens (tertiary/aromatic N) is 3. The van der Waals surface area contributed by atoms with Gasteiger partial charge in [-0.15, -0.1) is 11.3 Å². The van der Waals surface area contributed by atoms with Crippen molar-refractivity contribution in [2.45, 2.75) is 44.1 Å². The molecular formula is C19H20FN3OS. The number of thiazole rings is 1. The minimum Gasteiger partial charge on any atom is -0.356 e. The zero-order chi connectivity index (χ0) is 16.8. The fourth-order valence-electron chi connectivity index (χ4n) is 3.88. The topological polar surface area (TPSA) is 42.2 Å². The van der Waals surface area contributed by atoms with Crippen LogP contribution < -0.4 is 0 Å². The number of likely N-dealkylation sites (tertiary alicyclic amines) is 1. The van der Waals surface area contributed by atoms with E-state index in [1.807, 2.05) is 5.51 Å². The molecule has 0 N–H and O–H groups in total. The van der Waals surface area contributed by atoms with Crippen molar-refractivity contribution >= 4 is 22.3 Å². The Morgan fingerprint density at radius 3 is 2.72 bits per heavy atom. The molecule has 5 rings (SSSR count). The second-order valence-corrected chi connectivity index (χ2v) is 8.13. The van der Waals surface area contributed by atoms with Gasteiger partial charge in [-0.2, -0.15) is 0 Å². The molecule has 2 aromatic heterocycles. The van der Waals surface area contributed by atoms with Crippen LogP contribution in [0.5, 0.6) is 0 Å². The van der Waals surface area contributed by atoms with Crippen molar-refractivity contribution in [3.05, 3.63) is 45.8 Å². The van der Waals surface area contributed by atoms with E-state index in [1.54, 1.807) is 17.4 Å². The summed E-state index contributed by atoms with van der Waals surface area (Å²) in [4.78, 5) is 8.55. The van der Waals surface area contributed by atoms with Gasteiger partial charge in [-0.05, 0) is 50.9 Å². The van der Waals surface area contributed by atoms with Gasteiger partial charge in [0.25, 0.3) is 0 Å². The number of rotatable bonds is 4. The van der Waals surface area contributed by atoms with Crippen LogP contribution in [0, 0.1) is 5.82 Å². The molecule has 1 aliphatic heterocycles. The third kappa shape index (κ3) is 2.98. The summed E-state index contributed by atoms with van der Waals surface area (Å²) in [6, 6.07) is 4.70. The predicted molar refractivity (Wildman–Crippen MR) is 95.3 cm³/mol. The van der Waals surface area contributed by atoms with Crippen molar-refractivity contribution in [2.24, 2.45) is 0 Å². The maximum Gasteiger partial charge on any atom is 0.170 e. The van der Waals surface area contributed by atoms with E-state index in [1.165, 1.54) is 35.5 Å². The van der Waals surface area contributed by atoms with Crippen molar-refractivity contribution in [1.29, 1.82) is 0 Å². The van der Waals surface area contributed by atoms with Crippen LogP contribution in [0.3, 0.4) is 0 Å². The van der Waals surface area contributed by atoms with Crippen LogP contribution >= 0.6 is 11.3 Å². The summed E-state index contributed by atoms with van der Waals surface area (Å²) >= 11 is 1.80. The second kappa shape index (κ2) is 6.18. The maximum atomic E-state index is 13.3. The van der Waals surface area contributed by atoms with Crippen LogP contribution in [0.4, 0.5) is 4.39 Å². The Bertz CT molecular complexity index is 893. The number of benzene rings is 1. The minimum atomic E-state index is -0.277. The van der Waals surface area contributed by atoms with Gasteiger partial charge in [-0.3, -0.25) is 4.90 Å². The third-order valence-electron chi connectivity index (χ3n) is 5.44. The molecule has 4 nitrogen and oxygen atoms in total. The highest BCUT2D eigenvalue weighted by molar-refractivity contribution is 7.09. The SMILES string of the molecule is Fc1ccc2c(C3CCN(Cc4scnc4C4CC4)CC3)noc2c1. The Hall–Kier alpha value is -1.79. The zero-order valence-electron chi connectivity index (χ0n) is 13.9. The largest absolute Gasteiger partial charge is 0.356 e. The quantitative estimate of drug-likeness (QED) is 0.680. The molecule has 2 fully saturated rings. The molecule has 130 valence electrons. The van der Waals surface area contributed by atoms with Crippen LogP contribution in [0.2, 0.25) is 0 Å². The van der Waals surface area contributed by atoms with Gasteiger partial charge >= 0.3 is 0 Å². The summed E-state index contributed by atoms with van der Waals surface area (Å²) in [7, 11) is 0. The molecule has 3 aromatic rings.